The normalized spacial score (nSPS) is 15.2. The second kappa shape index (κ2) is 6.71. The minimum absolute atomic E-state index is 0.119. The number of morpholine rings is 1. The number of carbonyl (C=O) groups is 1. The molecule has 0 saturated carbocycles. The molecular weight excluding hydrogens is 286 g/mol. The molecule has 1 fully saturated rings. The Kier molecular flexibility index (Phi) is 4.50. The molecule has 0 bridgehead atoms. The maximum absolute atomic E-state index is 11.8. The Labute approximate surface area is 128 Å². The number of rotatable bonds is 5. The van der Waals surface area contributed by atoms with E-state index in [-0.39, 0.29) is 5.91 Å². The molecule has 0 unspecified atom stereocenters. The van der Waals surface area contributed by atoms with Crippen LogP contribution >= 0.6 is 0 Å². The van der Waals surface area contributed by atoms with E-state index < -0.39 is 0 Å². The molecule has 0 spiro atoms. The molecular formula is C14H19N5O3. The number of amides is 1. The summed E-state index contributed by atoms with van der Waals surface area (Å²) < 4.78 is 12.1. The van der Waals surface area contributed by atoms with Crippen molar-refractivity contribution in [1.29, 1.82) is 0 Å². The summed E-state index contributed by atoms with van der Waals surface area (Å²) in [6, 6.07) is 3.66. The average molecular weight is 305 g/mol. The summed E-state index contributed by atoms with van der Waals surface area (Å²) in [6.45, 7) is 3.32. The number of nitrogens with zero attached hydrogens (tertiary/aromatic N) is 4. The van der Waals surface area contributed by atoms with Crippen LogP contribution in [0.3, 0.4) is 0 Å². The first kappa shape index (κ1) is 14.7. The highest BCUT2D eigenvalue weighted by molar-refractivity contribution is 5.90. The van der Waals surface area contributed by atoms with Gasteiger partial charge in [0.1, 0.15) is 11.6 Å². The van der Waals surface area contributed by atoms with E-state index in [0.29, 0.717) is 37.7 Å². The van der Waals surface area contributed by atoms with Gasteiger partial charge in [-0.25, -0.2) is 4.98 Å². The van der Waals surface area contributed by atoms with Gasteiger partial charge < -0.3 is 19.7 Å². The fraction of sp³-hybridized carbons (Fsp3) is 0.500. The quantitative estimate of drug-likeness (QED) is 0.868. The molecule has 0 radical (unpaired) electrons. The van der Waals surface area contributed by atoms with E-state index in [1.54, 1.807) is 17.8 Å². The fourth-order valence-corrected chi connectivity index (χ4v) is 2.38. The van der Waals surface area contributed by atoms with E-state index in [4.69, 9.17) is 9.47 Å². The lowest BCUT2D eigenvalue weighted by atomic mass is 10.3. The SMILES string of the molecule is COCCC(=O)Nc1cc(N2CCOCC2)n2nccc2n1. The highest BCUT2D eigenvalue weighted by Gasteiger charge is 2.17. The van der Waals surface area contributed by atoms with Gasteiger partial charge in [-0.15, -0.1) is 0 Å². The van der Waals surface area contributed by atoms with Crippen LogP contribution in [0.2, 0.25) is 0 Å². The molecule has 1 aliphatic heterocycles. The predicted octanol–water partition coefficient (Wildman–Crippen LogP) is 0.541. The van der Waals surface area contributed by atoms with E-state index in [1.807, 2.05) is 12.1 Å². The zero-order valence-electron chi connectivity index (χ0n) is 12.5. The third kappa shape index (κ3) is 3.18. The molecule has 1 saturated heterocycles. The zero-order valence-corrected chi connectivity index (χ0v) is 12.5. The van der Waals surface area contributed by atoms with Crippen LogP contribution in [0, 0.1) is 0 Å². The Morgan fingerprint density at radius 3 is 3.05 bits per heavy atom. The van der Waals surface area contributed by atoms with Crippen LogP contribution in [0.25, 0.3) is 5.65 Å². The van der Waals surface area contributed by atoms with E-state index in [0.717, 1.165) is 18.9 Å². The Hall–Kier alpha value is -2.19. The molecule has 0 aliphatic carbocycles. The molecule has 0 atom stereocenters. The second-order valence-electron chi connectivity index (χ2n) is 4.99. The minimum Gasteiger partial charge on any atom is -0.384 e. The Morgan fingerprint density at radius 2 is 2.27 bits per heavy atom. The number of fused-ring (bicyclic) bond motifs is 1. The van der Waals surface area contributed by atoms with Crippen molar-refractivity contribution in [3.8, 4) is 0 Å². The van der Waals surface area contributed by atoms with Crippen molar-refractivity contribution in [1.82, 2.24) is 14.6 Å². The van der Waals surface area contributed by atoms with Gasteiger partial charge in [-0.3, -0.25) is 4.79 Å². The van der Waals surface area contributed by atoms with Gasteiger partial charge in [-0.05, 0) is 0 Å². The Bertz CT molecular complexity index is 651. The molecule has 3 heterocycles. The van der Waals surface area contributed by atoms with Crippen LogP contribution in [0.15, 0.2) is 18.3 Å². The summed E-state index contributed by atoms with van der Waals surface area (Å²) in [6.07, 6.45) is 2.00. The lowest BCUT2D eigenvalue weighted by Crippen LogP contribution is -2.37. The van der Waals surface area contributed by atoms with Crippen molar-refractivity contribution in [3.63, 3.8) is 0 Å². The number of anilines is 2. The van der Waals surface area contributed by atoms with Gasteiger partial charge in [-0.1, -0.05) is 0 Å². The standard InChI is InChI=1S/C14H19N5O3/c1-21-7-3-13(20)17-11-10-14(18-5-8-22-9-6-18)19-12(16-11)2-4-15-19/h2,4,10H,3,5-9H2,1H3,(H,16,17,20). The molecule has 8 heteroatoms. The lowest BCUT2D eigenvalue weighted by Gasteiger charge is -2.29. The summed E-state index contributed by atoms with van der Waals surface area (Å²) in [5.74, 6) is 1.31. The van der Waals surface area contributed by atoms with Gasteiger partial charge in [-0.2, -0.15) is 9.61 Å². The summed E-state index contributed by atoms with van der Waals surface area (Å²) in [5.41, 5.74) is 0.700. The van der Waals surface area contributed by atoms with E-state index >= 15 is 0 Å². The van der Waals surface area contributed by atoms with Crippen LogP contribution in [0.5, 0.6) is 0 Å². The van der Waals surface area contributed by atoms with Crippen LogP contribution in [-0.2, 0) is 14.3 Å². The van der Waals surface area contributed by atoms with E-state index in [2.05, 4.69) is 20.3 Å². The van der Waals surface area contributed by atoms with Crippen molar-refractivity contribution in [2.45, 2.75) is 6.42 Å². The first-order valence-corrected chi connectivity index (χ1v) is 7.24. The second-order valence-corrected chi connectivity index (χ2v) is 4.99. The molecule has 118 valence electrons. The van der Waals surface area contributed by atoms with Crippen molar-refractivity contribution in [2.75, 3.05) is 50.2 Å². The van der Waals surface area contributed by atoms with Crippen LogP contribution in [0.4, 0.5) is 11.6 Å². The lowest BCUT2D eigenvalue weighted by molar-refractivity contribution is -0.117. The summed E-state index contributed by atoms with van der Waals surface area (Å²) >= 11 is 0. The molecule has 0 aromatic carbocycles. The van der Waals surface area contributed by atoms with Crippen molar-refractivity contribution >= 4 is 23.2 Å². The first-order chi connectivity index (χ1) is 10.8. The maximum Gasteiger partial charge on any atom is 0.227 e. The van der Waals surface area contributed by atoms with Crippen molar-refractivity contribution < 1.29 is 14.3 Å². The van der Waals surface area contributed by atoms with E-state index in [1.165, 1.54) is 0 Å². The average Bonchev–Trinajstić information content (AvgIpc) is 3.01. The van der Waals surface area contributed by atoms with Gasteiger partial charge in [0.25, 0.3) is 0 Å². The largest absolute Gasteiger partial charge is 0.384 e. The highest BCUT2D eigenvalue weighted by atomic mass is 16.5. The van der Waals surface area contributed by atoms with Gasteiger partial charge in [0.2, 0.25) is 5.91 Å². The molecule has 2 aromatic heterocycles. The summed E-state index contributed by atoms with van der Waals surface area (Å²) in [5, 5.41) is 7.11. The molecule has 1 aliphatic rings. The minimum atomic E-state index is -0.119. The van der Waals surface area contributed by atoms with Crippen LogP contribution in [0.1, 0.15) is 6.42 Å². The predicted molar refractivity (Wildman–Crippen MR) is 81.1 cm³/mol. The number of hydrogen-bond acceptors (Lipinski definition) is 6. The van der Waals surface area contributed by atoms with E-state index in [9.17, 15) is 4.79 Å². The highest BCUT2D eigenvalue weighted by Crippen LogP contribution is 2.21. The molecule has 1 N–H and O–H groups in total. The first-order valence-electron chi connectivity index (χ1n) is 7.24. The van der Waals surface area contributed by atoms with Gasteiger partial charge in [0.15, 0.2) is 5.65 Å². The number of methoxy groups -OCH3 is 1. The number of carbonyl (C=O) groups excluding carboxylic acids is 1. The Balaban J connectivity index is 1.86. The number of aromatic nitrogens is 3. The summed E-state index contributed by atoms with van der Waals surface area (Å²) in [4.78, 5) is 18.4. The summed E-state index contributed by atoms with van der Waals surface area (Å²) in [7, 11) is 1.57. The molecule has 1 amide bonds. The molecule has 8 nitrogen and oxygen atoms in total. The monoisotopic (exact) mass is 305 g/mol. The maximum atomic E-state index is 11.8. The van der Waals surface area contributed by atoms with Crippen LogP contribution < -0.4 is 10.2 Å². The fourth-order valence-electron chi connectivity index (χ4n) is 2.38. The topological polar surface area (TPSA) is 81.0 Å². The smallest absolute Gasteiger partial charge is 0.227 e. The molecule has 22 heavy (non-hydrogen) atoms. The third-order valence-electron chi connectivity index (χ3n) is 3.48. The number of ether oxygens (including phenoxy) is 2. The van der Waals surface area contributed by atoms with Crippen molar-refractivity contribution in [2.24, 2.45) is 0 Å². The number of nitrogens with one attached hydrogen (secondary N) is 1. The Morgan fingerprint density at radius 1 is 1.45 bits per heavy atom. The number of hydrogen-bond donors (Lipinski definition) is 1. The van der Waals surface area contributed by atoms with Gasteiger partial charge in [0.05, 0.1) is 32.4 Å². The van der Waals surface area contributed by atoms with Crippen molar-refractivity contribution in [3.05, 3.63) is 18.3 Å². The third-order valence-corrected chi connectivity index (χ3v) is 3.48. The zero-order chi connectivity index (χ0) is 15.4. The molecule has 3 rings (SSSR count). The van der Waals surface area contributed by atoms with Crippen LogP contribution in [-0.4, -0.2) is 60.5 Å². The van der Waals surface area contributed by atoms with Gasteiger partial charge in [0, 0.05) is 32.3 Å². The van der Waals surface area contributed by atoms with Gasteiger partial charge >= 0.3 is 0 Å². The molecule has 2 aromatic rings.